The van der Waals surface area contributed by atoms with Crippen molar-refractivity contribution in [1.29, 1.82) is 0 Å². The van der Waals surface area contributed by atoms with Gasteiger partial charge in [-0.05, 0) is 25.2 Å². The Morgan fingerprint density at radius 2 is 1.91 bits per heavy atom. The molecule has 9 heteroatoms. The molecule has 160 valence electrons. The molecule has 0 radical (unpaired) electrons. The van der Waals surface area contributed by atoms with Crippen LogP contribution in [0.25, 0.3) is 27.8 Å². The number of rotatable bonds is 4. The summed E-state index contributed by atoms with van der Waals surface area (Å²) in [4.78, 5) is 26.0. The fourth-order valence-corrected chi connectivity index (χ4v) is 4.12. The molecule has 1 fully saturated rings. The Bertz CT molecular complexity index is 1400. The molecule has 0 spiro atoms. The number of nitrogens with one attached hydrogen (secondary N) is 2. The van der Waals surface area contributed by atoms with E-state index in [1.54, 1.807) is 6.20 Å². The van der Waals surface area contributed by atoms with Crippen LogP contribution in [0.2, 0.25) is 0 Å². The van der Waals surface area contributed by atoms with Crippen LogP contribution in [0.1, 0.15) is 0 Å². The molecule has 0 bridgehead atoms. The Morgan fingerprint density at radius 3 is 2.81 bits per heavy atom. The average Bonchev–Trinajstić information content (AvgIpc) is 3.46. The number of nitrogens with zero attached hydrogens (tertiary/aromatic N) is 7. The largest absolute Gasteiger partial charge is 0.354 e. The number of pyridine rings is 2. The lowest BCUT2D eigenvalue weighted by molar-refractivity contribution is 0.312. The number of aromatic nitrogens is 6. The van der Waals surface area contributed by atoms with Gasteiger partial charge >= 0.3 is 0 Å². The van der Waals surface area contributed by atoms with Gasteiger partial charge in [-0.1, -0.05) is 0 Å². The van der Waals surface area contributed by atoms with E-state index in [4.69, 9.17) is 0 Å². The van der Waals surface area contributed by atoms with Crippen molar-refractivity contribution in [2.45, 2.75) is 0 Å². The minimum Gasteiger partial charge on any atom is -0.354 e. The maximum absolute atomic E-state index is 4.68. The average molecular weight is 426 g/mol. The highest BCUT2D eigenvalue weighted by Crippen LogP contribution is 2.28. The molecule has 5 aromatic rings. The molecule has 5 aromatic heterocycles. The van der Waals surface area contributed by atoms with Gasteiger partial charge in [0.05, 0.1) is 0 Å². The molecule has 0 aromatic carbocycles. The molecule has 1 saturated heterocycles. The first-order valence-corrected chi connectivity index (χ1v) is 10.7. The second-order valence-electron chi connectivity index (χ2n) is 8.09. The summed E-state index contributed by atoms with van der Waals surface area (Å²) >= 11 is 0. The van der Waals surface area contributed by atoms with Gasteiger partial charge in [0.15, 0.2) is 0 Å². The van der Waals surface area contributed by atoms with Crippen molar-refractivity contribution in [3.63, 3.8) is 0 Å². The number of imidazole rings is 1. The number of hydrogen-bond acceptors (Lipinski definition) is 7. The first kappa shape index (κ1) is 18.8. The monoisotopic (exact) mass is 425 g/mol. The van der Waals surface area contributed by atoms with Gasteiger partial charge in [-0.15, -0.1) is 0 Å². The summed E-state index contributed by atoms with van der Waals surface area (Å²) in [5.41, 5.74) is 4.77. The second-order valence-corrected chi connectivity index (χ2v) is 8.09. The van der Waals surface area contributed by atoms with Crippen molar-refractivity contribution in [2.75, 3.05) is 43.4 Å². The predicted molar refractivity (Wildman–Crippen MR) is 125 cm³/mol. The van der Waals surface area contributed by atoms with Crippen molar-refractivity contribution in [1.82, 2.24) is 34.2 Å². The first-order valence-electron chi connectivity index (χ1n) is 10.7. The Balaban J connectivity index is 1.26. The normalized spacial score (nSPS) is 15.0. The second kappa shape index (κ2) is 7.61. The van der Waals surface area contributed by atoms with Crippen LogP contribution in [0.3, 0.4) is 0 Å². The molecular weight excluding hydrogens is 402 g/mol. The van der Waals surface area contributed by atoms with E-state index in [1.165, 1.54) is 0 Å². The lowest BCUT2D eigenvalue weighted by Crippen LogP contribution is -2.44. The fourth-order valence-electron chi connectivity index (χ4n) is 4.12. The number of fused-ring (bicyclic) bond motifs is 2. The molecule has 6 heterocycles. The van der Waals surface area contributed by atoms with E-state index in [0.717, 1.165) is 65.5 Å². The van der Waals surface area contributed by atoms with Crippen molar-refractivity contribution in [2.24, 2.45) is 0 Å². The Labute approximate surface area is 184 Å². The van der Waals surface area contributed by atoms with Crippen LogP contribution >= 0.6 is 0 Å². The summed E-state index contributed by atoms with van der Waals surface area (Å²) in [6.45, 7) is 4.04. The molecule has 0 atom stereocenters. The minimum absolute atomic E-state index is 0.548. The van der Waals surface area contributed by atoms with Gasteiger partial charge in [0.1, 0.15) is 17.1 Å². The zero-order valence-corrected chi connectivity index (χ0v) is 17.7. The molecule has 0 unspecified atom stereocenters. The van der Waals surface area contributed by atoms with Crippen LogP contribution in [-0.4, -0.2) is 67.4 Å². The van der Waals surface area contributed by atoms with Crippen LogP contribution in [0.4, 0.5) is 17.5 Å². The van der Waals surface area contributed by atoms with Gasteiger partial charge in [0, 0.05) is 91.6 Å². The quantitative estimate of drug-likeness (QED) is 0.457. The summed E-state index contributed by atoms with van der Waals surface area (Å²) in [5, 5.41) is 4.30. The summed E-state index contributed by atoms with van der Waals surface area (Å²) in [6.07, 6.45) is 11.5. The molecule has 0 amide bonds. The first-order chi connectivity index (χ1) is 15.7. The molecule has 9 nitrogen and oxygen atoms in total. The van der Waals surface area contributed by atoms with Gasteiger partial charge in [-0.3, -0.25) is 0 Å². The third-order valence-corrected chi connectivity index (χ3v) is 5.96. The zero-order valence-electron chi connectivity index (χ0n) is 17.7. The number of piperazine rings is 1. The van der Waals surface area contributed by atoms with Gasteiger partial charge in [-0.25, -0.2) is 15.0 Å². The standard InChI is InChI=1S/C23H23N9/c1-30-8-10-31(11-9-30)21-12-17(4-5-24-21)28-23-27-14-19-18(13-26-22(19)29-23)16-2-3-20-25-6-7-32(20)15-16/h2-7,12-15H,8-11H2,1H3,(H2,24,26,27,28,29). The van der Waals surface area contributed by atoms with Gasteiger partial charge < -0.3 is 24.5 Å². The number of anilines is 3. The summed E-state index contributed by atoms with van der Waals surface area (Å²) in [5.74, 6) is 1.52. The van der Waals surface area contributed by atoms with E-state index in [2.05, 4.69) is 65.4 Å². The van der Waals surface area contributed by atoms with Crippen LogP contribution in [0, 0.1) is 0 Å². The third kappa shape index (κ3) is 3.42. The number of H-pyrrole nitrogens is 1. The third-order valence-electron chi connectivity index (χ3n) is 5.96. The smallest absolute Gasteiger partial charge is 0.229 e. The maximum atomic E-state index is 4.68. The highest BCUT2D eigenvalue weighted by Gasteiger charge is 2.16. The molecule has 1 aliphatic rings. The highest BCUT2D eigenvalue weighted by atomic mass is 15.3. The SMILES string of the molecule is CN1CCN(c2cc(Nc3ncc4c(-c5ccc6nccn6c5)c[nH]c4n3)ccn2)CC1. The van der Waals surface area contributed by atoms with Gasteiger partial charge in [0.25, 0.3) is 0 Å². The maximum Gasteiger partial charge on any atom is 0.229 e. The number of aromatic amines is 1. The predicted octanol–water partition coefficient (Wildman–Crippen LogP) is 3.16. The van der Waals surface area contributed by atoms with E-state index in [0.29, 0.717) is 5.95 Å². The topological polar surface area (TPSA) is 90.3 Å². The highest BCUT2D eigenvalue weighted by molar-refractivity contribution is 5.93. The fraction of sp³-hybridized carbons (Fsp3) is 0.217. The van der Waals surface area contributed by atoms with Crippen molar-refractivity contribution in [3.05, 3.63) is 61.4 Å². The van der Waals surface area contributed by atoms with Gasteiger partial charge in [0.2, 0.25) is 5.95 Å². The number of likely N-dealkylation sites (N-methyl/N-ethyl adjacent to an activating group) is 1. The molecule has 0 aliphatic carbocycles. The lowest BCUT2D eigenvalue weighted by Gasteiger charge is -2.33. The van der Waals surface area contributed by atoms with Crippen molar-refractivity contribution in [3.8, 4) is 11.1 Å². The molecule has 6 rings (SSSR count). The van der Waals surface area contributed by atoms with E-state index in [1.807, 2.05) is 41.3 Å². The van der Waals surface area contributed by atoms with Crippen molar-refractivity contribution >= 4 is 34.1 Å². The summed E-state index contributed by atoms with van der Waals surface area (Å²) < 4.78 is 2.01. The van der Waals surface area contributed by atoms with E-state index < -0.39 is 0 Å². The van der Waals surface area contributed by atoms with E-state index >= 15 is 0 Å². The molecule has 32 heavy (non-hydrogen) atoms. The summed E-state index contributed by atoms with van der Waals surface area (Å²) in [6, 6.07) is 8.06. The zero-order chi connectivity index (χ0) is 21.5. The summed E-state index contributed by atoms with van der Waals surface area (Å²) in [7, 11) is 2.15. The molecule has 2 N–H and O–H groups in total. The Kier molecular flexibility index (Phi) is 4.46. The minimum atomic E-state index is 0.548. The van der Waals surface area contributed by atoms with Gasteiger partial charge in [-0.2, -0.15) is 4.98 Å². The Morgan fingerprint density at radius 1 is 1.00 bits per heavy atom. The lowest BCUT2D eigenvalue weighted by atomic mass is 10.1. The van der Waals surface area contributed by atoms with Crippen LogP contribution in [0.15, 0.2) is 61.4 Å². The van der Waals surface area contributed by atoms with Crippen LogP contribution in [-0.2, 0) is 0 Å². The Hall–Kier alpha value is -3.98. The molecule has 0 saturated carbocycles. The molecule has 1 aliphatic heterocycles. The molecular formula is C23H23N9. The van der Waals surface area contributed by atoms with Crippen LogP contribution < -0.4 is 10.2 Å². The van der Waals surface area contributed by atoms with Crippen LogP contribution in [0.5, 0.6) is 0 Å². The van der Waals surface area contributed by atoms with E-state index in [-0.39, 0.29) is 0 Å². The van der Waals surface area contributed by atoms with Crippen molar-refractivity contribution < 1.29 is 0 Å². The van der Waals surface area contributed by atoms with E-state index in [9.17, 15) is 0 Å². The number of hydrogen-bond donors (Lipinski definition) is 2.